The lowest BCUT2D eigenvalue weighted by Crippen LogP contribution is -2.38. The van der Waals surface area contributed by atoms with E-state index in [2.05, 4.69) is 5.32 Å². The van der Waals surface area contributed by atoms with Crippen LogP contribution >= 0.6 is 8.46 Å². The Hall–Kier alpha value is -2.63. The number of aliphatic carboxylic acids is 1. The first-order valence-electron chi connectivity index (χ1n) is 9.11. The van der Waals surface area contributed by atoms with Crippen molar-refractivity contribution >= 4 is 20.3 Å². The molecule has 8 heteroatoms. The summed E-state index contributed by atoms with van der Waals surface area (Å²) in [6.07, 6.45) is 0.472. The molecule has 0 aliphatic rings. The van der Waals surface area contributed by atoms with Crippen LogP contribution in [0.15, 0.2) is 30.3 Å². The Morgan fingerprint density at radius 1 is 1.17 bits per heavy atom. The molecule has 0 radical (unpaired) electrons. The van der Waals surface area contributed by atoms with Crippen LogP contribution in [-0.2, 0) is 21.1 Å². The summed E-state index contributed by atoms with van der Waals surface area (Å²) in [4.78, 5) is 23.3. The van der Waals surface area contributed by atoms with Crippen LogP contribution in [-0.4, -0.2) is 33.2 Å². The van der Waals surface area contributed by atoms with Gasteiger partial charge in [-0.15, -0.1) is 0 Å². The maximum absolute atomic E-state index is 12.3. The highest BCUT2D eigenvalue weighted by molar-refractivity contribution is 7.25. The molecule has 0 aliphatic carbocycles. The van der Waals surface area contributed by atoms with Crippen molar-refractivity contribution in [3.05, 3.63) is 63.7 Å². The SMILES string of the molecule is Cc1cc(C(C)(O)[PH2]=O)cc(C)c1Cc1ccc(O)c(C(=O)NC(C)C(=O)O)c1. The highest BCUT2D eigenvalue weighted by Crippen LogP contribution is 2.34. The first kappa shape index (κ1) is 22.7. The van der Waals surface area contributed by atoms with Crippen molar-refractivity contribution in [2.45, 2.75) is 45.5 Å². The molecule has 0 saturated carbocycles. The van der Waals surface area contributed by atoms with Gasteiger partial charge in [-0.05, 0) is 74.1 Å². The number of hydrogen-bond acceptors (Lipinski definition) is 5. The minimum atomic E-state index is -1.40. The van der Waals surface area contributed by atoms with E-state index in [9.17, 15) is 24.4 Å². The number of amides is 1. The zero-order valence-corrected chi connectivity index (χ0v) is 18.0. The van der Waals surface area contributed by atoms with Crippen LogP contribution in [0.25, 0.3) is 0 Å². The number of carbonyl (C=O) groups excluding carboxylic acids is 1. The first-order valence-corrected chi connectivity index (χ1v) is 10.2. The number of benzene rings is 2. The molecule has 4 N–H and O–H groups in total. The van der Waals surface area contributed by atoms with Gasteiger partial charge in [0.25, 0.3) is 5.91 Å². The second kappa shape index (κ2) is 8.80. The molecular formula is C21H26NO6P. The topological polar surface area (TPSA) is 124 Å². The van der Waals surface area contributed by atoms with E-state index in [4.69, 9.17) is 5.11 Å². The third kappa shape index (κ3) is 5.25. The van der Waals surface area contributed by atoms with E-state index in [1.165, 1.54) is 26.0 Å². The molecule has 3 atom stereocenters. The summed E-state index contributed by atoms with van der Waals surface area (Å²) in [6.45, 7) is 6.65. The number of aromatic hydroxyl groups is 1. The van der Waals surface area contributed by atoms with E-state index in [0.717, 1.165) is 22.3 Å². The molecule has 0 spiro atoms. The molecule has 1 amide bonds. The van der Waals surface area contributed by atoms with Crippen molar-refractivity contribution in [3.63, 3.8) is 0 Å². The van der Waals surface area contributed by atoms with Gasteiger partial charge in [-0.1, -0.05) is 18.2 Å². The molecule has 0 bridgehead atoms. The highest BCUT2D eigenvalue weighted by Gasteiger charge is 2.23. The van der Waals surface area contributed by atoms with Gasteiger partial charge in [0.1, 0.15) is 17.1 Å². The van der Waals surface area contributed by atoms with Gasteiger partial charge in [-0.25, -0.2) is 0 Å². The number of aryl methyl sites for hydroxylation is 2. The van der Waals surface area contributed by atoms with Gasteiger partial charge >= 0.3 is 5.97 Å². The summed E-state index contributed by atoms with van der Waals surface area (Å²) < 4.78 is 11.3. The molecule has 0 fully saturated rings. The Balaban J connectivity index is 2.35. The maximum Gasteiger partial charge on any atom is 0.325 e. The van der Waals surface area contributed by atoms with Crippen molar-refractivity contribution < 1.29 is 29.5 Å². The molecule has 3 unspecified atom stereocenters. The number of carboxylic acids is 1. The molecule has 0 heterocycles. The molecule has 0 saturated heterocycles. The predicted molar refractivity (Wildman–Crippen MR) is 111 cm³/mol. The first-order chi connectivity index (χ1) is 13.5. The van der Waals surface area contributed by atoms with E-state index in [-0.39, 0.29) is 11.3 Å². The smallest absolute Gasteiger partial charge is 0.325 e. The molecule has 0 aliphatic heterocycles. The predicted octanol–water partition coefficient (Wildman–Crippen LogP) is 2.72. The number of carbonyl (C=O) groups is 2. The van der Waals surface area contributed by atoms with Crippen LogP contribution in [0.4, 0.5) is 0 Å². The molecular weight excluding hydrogens is 393 g/mol. The largest absolute Gasteiger partial charge is 0.507 e. The van der Waals surface area contributed by atoms with Gasteiger partial charge < -0.3 is 25.2 Å². The Morgan fingerprint density at radius 2 is 1.76 bits per heavy atom. The molecule has 2 aromatic carbocycles. The fourth-order valence-corrected chi connectivity index (χ4v) is 3.35. The Bertz CT molecular complexity index is 947. The number of aliphatic hydroxyl groups is 1. The van der Waals surface area contributed by atoms with Crippen molar-refractivity contribution in [1.29, 1.82) is 0 Å². The number of phenols is 1. The zero-order chi connectivity index (χ0) is 21.9. The van der Waals surface area contributed by atoms with E-state index in [0.29, 0.717) is 12.0 Å². The van der Waals surface area contributed by atoms with Crippen molar-refractivity contribution in [2.75, 3.05) is 0 Å². The lowest BCUT2D eigenvalue weighted by Gasteiger charge is -2.21. The third-order valence-corrected chi connectivity index (χ3v) is 5.71. The zero-order valence-electron chi connectivity index (χ0n) is 16.8. The summed E-state index contributed by atoms with van der Waals surface area (Å²) in [5.74, 6) is -2.07. The van der Waals surface area contributed by atoms with Gasteiger partial charge in [0.15, 0.2) is 0 Å². The molecule has 2 rings (SSSR count). The number of hydrogen-bond donors (Lipinski definition) is 4. The van der Waals surface area contributed by atoms with E-state index < -0.39 is 31.7 Å². The van der Waals surface area contributed by atoms with Crippen molar-refractivity contribution in [2.24, 2.45) is 0 Å². The lowest BCUT2D eigenvalue weighted by molar-refractivity contribution is -0.138. The number of phenolic OH excluding ortho intramolecular Hbond substituents is 1. The Morgan fingerprint density at radius 3 is 2.28 bits per heavy atom. The summed E-state index contributed by atoms with van der Waals surface area (Å²) in [5, 5.41) is 30.2. The normalized spacial score (nSPS) is 14.5. The summed E-state index contributed by atoms with van der Waals surface area (Å²) in [7, 11) is -1.40. The monoisotopic (exact) mass is 419 g/mol. The molecule has 29 heavy (non-hydrogen) atoms. The fourth-order valence-electron chi connectivity index (χ4n) is 3.05. The summed E-state index contributed by atoms with van der Waals surface area (Å²) >= 11 is 0. The molecule has 7 nitrogen and oxygen atoms in total. The Labute approximate surface area is 170 Å². The number of rotatable bonds is 7. The second-order valence-corrected chi connectivity index (χ2v) is 8.78. The van der Waals surface area contributed by atoms with Crippen LogP contribution in [0.1, 0.15) is 52.0 Å². The Kier molecular flexibility index (Phi) is 6.88. The minimum Gasteiger partial charge on any atom is -0.507 e. The van der Waals surface area contributed by atoms with Gasteiger partial charge in [-0.2, -0.15) is 0 Å². The second-order valence-electron chi connectivity index (χ2n) is 7.42. The molecule has 0 aromatic heterocycles. The van der Waals surface area contributed by atoms with Gasteiger partial charge in [0.05, 0.1) is 14.0 Å². The van der Waals surface area contributed by atoms with Crippen LogP contribution in [0.2, 0.25) is 0 Å². The minimum absolute atomic E-state index is 0.000384. The average molecular weight is 419 g/mol. The van der Waals surface area contributed by atoms with Crippen LogP contribution in [0, 0.1) is 13.8 Å². The van der Waals surface area contributed by atoms with Crippen LogP contribution in [0.3, 0.4) is 0 Å². The van der Waals surface area contributed by atoms with E-state index >= 15 is 0 Å². The van der Waals surface area contributed by atoms with Crippen LogP contribution in [0.5, 0.6) is 5.75 Å². The van der Waals surface area contributed by atoms with E-state index in [1.807, 2.05) is 13.8 Å². The number of nitrogens with one attached hydrogen (secondary N) is 1. The quantitative estimate of drug-likeness (QED) is 0.512. The summed E-state index contributed by atoms with van der Waals surface area (Å²) in [6, 6.07) is 7.14. The van der Waals surface area contributed by atoms with E-state index in [1.54, 1.807) is 18.2 Å². The summed E-state index contributed by atoms with van der Waals surface area (Å²) in [5.41, 5.74) is 4.16. The molecule has 2 aromatic rings. The average Bonchev–Trinajstić information content (AvgIpc) is 2.65. The standard InChI is InChI=1S/C21H26NO6P/c1-11-7-15(21(4,27)29-28)8-12(2)16(11)9-14-5-6-18(23)17(10-14)19(24)22-13(3)20(25)26/h5-8,10,13,23,27H,9,29H2,1-4H3,(H,22,24)(H,25,26). The van der Waals surface area contributed by atoms with Gasteiger partial charge in [0.2, 0.25) is 0 Å². The lowest BCUT2D eigenvalue weighted by atomic mass is 9.92. The third-order valence-electron chi connectivity index (χ3n) is 4.91. The van der Waals surface area contributed by atoms with Crippen molar-refractivity contribution in [1.82, 2.24) is 5.32 Å². The maximum atomic E-state index is 12.3. The van der Waals surface area contributed by atoms with Gasteiger partial charge in [-0.3, -0.25) is 9.59 Å². The van der Waals surface area contributed by atoms with Crippen LogP contribution < -0.4 is 5.32 Å². The van der Waals surface area contributed by atoms with Crippen molar-refractivity contribution in [3.8, 4) is 5.75 Å². The molecule has 156 valence electrons. The number of carboxylic acid groups (broad SMARTS) is 1. The highest BCUT2D eigenvalue weighted by atomic mass is 31.1. The fraction of sp³-hybridized carbons (Fsp3) is 0.333. The van der Waals surface area contributed by atoms with Gasteiger partial charge in [0, 0.05) is 0 Å².